The van der Waals surface area contributed by atoms with Crippen LogP contribution >= 0.6 is 11.3 Å². The lowest BCUT2D eigenvalue weighted by Crippen LogP contribution is -2.53. The van der Waals surface area contributed by atoms with Gasteiger partial charge in [0.1, 0.15) is 0 Å². The van der Waals surface area contributed by atoms with E-state index in [0.29, 0.717) is 60.7 Å². The van der Waals surface area contributed by atoms with E-state index in [0.717, 1.165) is 13.1 Å². The maximum Gasteiger partial charge on any atom is 0.265 e. The molecule has 4 rings (SSSR count). The molecule has 1 aromatic heterocycles. The summed E-state index contributed by atoms with van der Waals surface area (Å²) in [5.41, 5.74) is 1.16. The Hall–Kier alpha value is -2.71. The van der Waals surface area contributed by atoms with E-state index >= 15 is 0 Å². The van der Waals surface area contributed by atoms with Crippen molar-refractivity contribution in [3.63, 3.8) is 0 Å². The van der Waals surface area contributed by atoms with Crippen molar-refractivity contribution in [1.29, 1.82) is 0 Å². The quantitative estimate of drug-likeness (QED) is 0.731. The highest BCUT2D eigenvalue weighted by Crippen LogP contribution is 2.21. The molecule has 2 aliphatic rings. The van der Waals surface area contributed by atoms with Crippen LogP contribution in [0.3, 0.4) is 0 Å². The number of nitrogens with one attached hydrogen (secondary N) is 1. The standard InChI is InChI=1S/C25H32N4O3S/c1-18-13-19(2)16-29(15-18)23(30)17-27-8-10-28(11-9-27)25(32)20-5-3-6-21(14-20)26-24(31)22-7-4-12-33-22/h3-7,12,14,18-19H,8-11,13,15-17H2,1-2H3,(H,26,31). The number of benzene rings is 1. The molecule has 1 N–H and O–H groups in total. The number of likely N-dealkylation sites (tertiary alicyclic amines) is 1. The fraction of sp³-hybridized carbons (Fsp3) is 0.480. The molecule has 8 heteroatoms. The lowest BCUT2D eigenvalue weighted by molar-refractivity contribution is -0.135. The number of rotatable bonds is 5. The zero-order chi connectivity index (χ0) is 23.4. The van der Waals surface area contributed by atoms with Crippen molar-refractivity contribution in [2.75, 3.05) is 51.1 Å². The summed E-state index contributed by atoms with van der Waals surface area (Å²) in [5, 5.41) is 4.72. The van der Waals surface area contributed by atoms with Crippen LogP contribution < -0.4 is 5.32 Å². The molecule has 2 fully saturated rings. The molecule has 2 aliphatic heterocycles. The maximum atomic E-state index is 13.0. The van der Waals surface area contributed by atoms with Crippen molar-refractivity contribution < 1.29 is 14.4 Å². The van der Waals surface area contributed by atoms with E-state index < -0.39 is 0 Å². The van der Waals surface area contributed by atoms with Gasteiger partial charge in [0.25, 0.3) is 11.8 Å². The smallest absolute Gasteiger partial charge is 0.265 e. The molecule has 0 radical (unpaired) electrons. The van der Waals surface area contributed by atoms with Gasteiger partial charge in [0, 0.05) is 50.5 Å². The van der Waals surface area contributed by atoms with Gasteiger partial charge in [-0.3, -0.25) is 19.3 Å². The Morgan fingerprint density at radius 3 is 2.36 bits per heavy atom. The Morgan fingerprint density at radius 2 is 1.70 bits per heavy atom. The van der Waals surface area contributed by atoms with Gasteiger partial charge in [-0.05, 0) is 47.9 Å². The molecule has 2 unspecified atom stereocenters. The number of carbonyl (C=O) groups is 3. The minimum atomic E-state index is -0.176. The molecule has 2 atom stereocenters. The highest BCUT2D eigenvalue weighted by atomic mass is 32.1. The van der Waals surface area contributed by atoms with Gasteiger partial charge in [0.2, 0.25) is 5.91 Å². The second kappa shape index (κ2) is 10.5. The molecule has 2 saturated heterocycles. The summed E-state index contributed by atoms with van der Waals surface area (Å²) in [6, 6.07) is 10.7. The molecule has 0 aliphatic carbocycles. The zero-order valence-corrected chi connectivity index (χ0v) is 20.1. The number of nitrogens with zero attached hydrogens (tertiary/aromatic N) is 3. The molecule has 3 heterocycles. The largest absolute Gasteiger partial charge is 0.341 e. The molecule has 33 heavy (non-hydrogen) atoms. The summed E-state index contributed by atoms with van der Waals surface area (Å²) < 4.78 is 0. The van der Waals surface area contributed by atoms with Crippen LogP contribution in [0, 0.1) is 11.8 Å². The van der Waals surface area contributed by atoms with Gasteiger partial charge >= 0.3 is 0 Å². The first-order valence-electron chi connectivity index (χ1n) is 11.6. The highest BCUT2D eigenvalue weighted by Gasteiger charge is 2.28. The second-order valence-corrected chi connectivity index (χ2v) is 10.3. The summed E-state index contributed by atoms with van der Waals surface area (Å²) in [6.07, 6.45) is 1.18. The number of thiophene rings is 1. The zero-order valence-electron chi connectivity index (χ0n) is 19.3. The third-order valence-electron chi connectivity index (χ3n) is 6.35. The summed E-state index contributed by atoms with van der Waals surface area (Å²) in [5.74, 6) is 1.08. The Labute approximate surface area is 199 Å². The molecule has 1 aromatic carbocycles. The summed E-state index contributed by atoms with van der Waals surface area (Å²) in [6.45, 7) is 9.09. The van der Waals surface area contributed by atoms with Crippen LogP contribution in [0.15, 0.2) is 41.8 Å². The Morgan fingerprint density at radius 1 is 0.970 bits per heavy atom. The predicted octanol–water partition coefficient (Wildman–Crippen LogP) is 3.26. The van der Waals surface area contributed by atoms with Crippen molar-refractivity contribution in [3.8, 4) is 0 Å². The van der Waals surface area contributed by atoms with Crippen molar-refractivity contribution in [1.82, 2.24) is 14.7 Å². The van der Waals surface area contributed by atoms with E-state index in [9.17, 15) is 14.4 Å². The minimum absolute atomic E-state index is 0.0492. The first-order chi connectivity index (χ1) is 15.9. The van der Waals surface area contributed by atoms with Crippen molar-refractivity contribution in [3.05, 3.63) is 52.2 Å². The Balaban J connectivity index is 1.28. The first kappa shape index (κ1) is 23.4. The lowest BCUT2D eigenvalue weighted by atomic mass is 9.92. The maximum absolute atomic E-state index is 13.0. The minimum Gasteiger partial charge on any atom is -0.341 e. The number of hydrogen-bond acceptors (Lipinski definition) is 5. The lowest BCUT2D eigenvalue weighted by Gasteiger charge is -2.38. The van der Waals surface area contributed by atoms with E-state index in [1.165, 1.54) is 17.8 Å². The summed E-state index contributed by atoms with van der Waals surface area (Å²) >= 11 is 1.38. The number of hydrogen-bond donors (Lipinski definition) is 1. The third-order valence-corrected chi connectivity index (χ3v) is 7.22. The molecule has 7 nitrogen and oxygen atoms in total. The topological polar surface area (TPSA) is 73.0 Å². The second-order valence-electron chi connectivity index (χ2n) is 9.33. The van der Waals surface area contributed by atoms with Crippen LogP contribution in [0.1, 0.15) is 40.3 Å². The predicted molar refractivity (Wildman–Crippen MR) is 131 cm³/mol. The van der Waals surface area contributed by atoms with Crippen LogP contribution in [0.5, 0.6) is 0 Å². The monoisotopic (exact) mass is 468 g/mol. The van der Waals surface area contributed by atoms with E-state index in [1.54, 1.807) is 30.3 Å². The van der Waals surface area contributed by atoms with Crippen molar-refractivity contribution in [2.45, 2.75) is 20.3 Å². The summed E-state index contributed by atoms with van der Waals surface area (Å²) in [7, 11) is 0. The molecule has 0 spiro atoms. The van der Waals surface area contributed by atoms with Gasteiger partial charge in [-0.1, -0.05) is 26.0 Å². The normalized spacial score (nSPS) is 21.6. The Bertz CT molecular complexity index is 975. The molecular formula is C25H32N4O3S. The van der Waals surface area contributed by atoms with E-state index in [-0.39, 0.29) is 17.7 Å². The summed E-state index contributed by atoms with van der Waals surface area (Å²) in [4.78, 5) is 44.7. The first-order valence-corrected chi connectivity index (χ1v) is 12.5. The van der Waals surface area contributed by atoms with Crippen molar-refractivity contribution in [2.24, 2.45) is 11.8 Å². The van der Waals surface area contributed by atoms with Gasteiger partial charge in [-0.2, -0.15) is 0 Å². The van der Waals surface area contributed by atoms with Gasteiger partial charge in [-0.15, -0.1) is 11.3 Å². The fourth-order valence-electron chi connectivity index (χ4n) is 4.78. The average Bonchev–Trinajstić information content (AvgIpc) is 3.34. The van der Waals surface area contributed by atoms with Crippen LogP contribution in [0.4, 0.5) is 5.69 Å². The molecule has 2 aromatic rings. The van der Waals surface area contributed by atoms with Crippen LogP contribution in [-0.4, -0.2) is 78.2 Å². The molecule has 176 valence electrons. The van der Waals surface area contributed by atoms with Crippen LogP contribution in [0.2, 0.25) is 0 Å². The van der Waals surface area contributed by atoms with Gasteiger partial charge < -0.3 is 15.1 Å². The number of amides is 3. The molecule has 3 amide bonds. The number of anilines is 1. The highest BCUT2D eigenvalue weighted by molar-refractivity contribution is 7.12. The van der Waals surface area contributed by atoms with E-state index in [1.807, 2.05) is 21.2 Å². The van der Waals surface area contributed by atoms with Crippen LogP contribution in [0.25, 0.3) is 0 Å². The van der Waals surface area contributed by atoms with Gasteiger partial charge in [0.15, 0.2) is 0 Å². The third kappa shape index (κ3) is 6.00. The number of piperidine rings is 1. The number of carbonyl (C=O) groups excluding carboxylic acids is 3. The Kier molecular flexibility index (Phi) is 7.45. The SMILES string of the molecule is CC1CC(C)CN(C(=O)CN2CCN(C(=O)c3cccc(NC(=O)c4cccs4)c3)CC2)C1. The number of piperazine rings is 1. The fourth-order valence-corrected chi connectivity index (χ4v) is 5.40. The molecular weight excluding hydrogens is 436 g/mol. The molecule has 0 saturated carbocycles. The van der Waals surface area contributed by atoms with Crippen LogP contribution in [-0.2, 0) is 4.79 Å². The molecule has 0 bridgehead atoms. The van der Waals surface area contributed by atoms with Crippen molar-refractivity contribution >= 4 is 34.7 Å². The van der Waals surface area contributed by atoms with E-state index in [4.69, 9.17) is 0 Å². The van der Waals surface area contributed by atoms with E-state index in [2.05, 4.69) is 24.1 Å². The van der Waals surface area contributed by atoms with Gasteiger partial charge in [0.05, 0.1) is 11.4 Å². The average molecular weight is 469 g/mol. The van der Waals surface area contributed by atoms with Gasteiger partial charge in [-0.25, -0.2) is 0 Å².